The van der Waals surface area contributed by atoms with Gasteiger partial charge in [-0.05, 0) is 31.2 Å². The molecule has 3 N–H and O–H groups in total. The number of rotatable bonds is 6. The summed E-state index contributed by atoms with van der Waals surface area (Å²) in [6, 6.07) is 4.42. The van der Waals surface area contributed by atoms with E-state index in [1.165, 1.54) is 31.2 Å². The SMILES string of the molecule is COc1ccc(-c2nc(C(=O)N(C)CCO)c([C@H](C)N)o2)c2ccc(C(F)(F)F)nc12. The fourth-order valence-corrected chi connectivity index (χ4v) is 3.04. The summed E-state index contributed by atoms with van der Waals surface area (Å²) in [5.74, 6) is -0.245. The Bertz CT molecular complexity index is 1110. The number of pyridine rings is 1. The van der Waals surface area contributed by atoms with Crippen LogP contribution in [0.4, 0.5) is 13.2 Å². The summed E-state index contributed by atoms with van der Waals surface area (Å²) in [5, 5.41) is 9.38. The lowest BCUT2D eigenvalue weighted by atomic mass is 10.1. The number of aliphatic hydroxyl groups excluding tert-OH is 1. The molecule has 3 aromatic rings. The van der Waals surface area contributed by atoms with Crippen LogP contribution in [0.2, 0.25) is 0 Å². The Morgan fingerprint density at radius 3 is 2.58 bits per heavy atom. The van der Waals surface area contributed by atoms with Gasteiger partial charge in [0.2, 0.25) is 5.89 Å². The van der Waals surface area contributed by atoms with E-state index in [1.54, 1.807) is 13.0 Å². The molecule has 11 heteroatoms. The number of nitrogens with zero attached hydrogens (tertiary/aromatic N) is 3. The van der Waals surface area contributed by atoms with Crippen molar-refractivity contribution in [3.05, 3.63) is 41.4 Å². The number of oxazole rings is 1. The zero-order valence-electron chi connectivity index (χ0n) is 17.0. The first kappa shape index (κ1) is 22.5. The van der Waals surface area contributed by atoms with E-state index >= 15 is 0 Å². The Hall–Kier alpha value is -3.18. The van der Waals surface area contributed by atoms with E-state index in [2.05, 4.69) is 9.97 Å². The molecule has 31 heavy (non-hydrogen) atoms. The highest BCUT2D eigenvalue weighted by atomic mass is 19.4. The van der Waals surface area contributed by atoms with Gasteiger partial charge in [0.25, 0.3) is 5.91 Å². The van der Waals surface area contributed by atoms with Crippen LogP contribution < -0.4 is 10.5 Å². The fraction of sp³-hybridized carbons (Fsp3) is 0.350. The van der Waals surface area contributed by atoms with Crippen LogP contribution in [0.25, 0.3) is 22.4 Å². The van der Waals surface area contributed by atoms with Gasteiger partial charge in [-0.2, -0.15) is 13.2 Å². The molecule has 1 amide bonds. The summed E-state index contributed by atoms with van der Waals surface area (Å²) in [7, 11) is 2.81. The van der Waals surface area contributed by atoms with Crippen molar-refractivity contribution in [3.8, 4) is 17.2 Å². The fourth-order valence-electron chi connectivity index (χ4n) is 3.04. The maximum Gasteiger partial charge on any atom is 0.433 e. The third kappa shape index (κ3) is 4.32. The van der Waals surface area contributed by atoms with Crippen molar-refractivity contribution < 1.29 is 32.2 Å². The number of carbonyl (C=O) groups excluding carboxylic acids is 1. The van der Waals surface area contributed by atoms with Crippen LogP contribution in [0.1, 0.15) is 34.9 Å². The molecule has 1 aromatic carbocycles. The number of hydrogen-bond acceptors (Lipinski definition) is 7. The van der Waals surface area contributed by atoms with Gasteiger partial charge < -0.3 is 24.9 Å². The lowest BCUT2D eigenvalue weighted by molar-refractivity contribution is -0.140. The van der Waals surface area contributed by atoms with Crippen molar-refractivity contribution in [2.45, 2.75) is 19.1 Å². The van der Waals surface area contributed by atoms with Crippen molar-refractivity contribution in [2.75, 3.05) is 27.3 Å². The average molecular weight is 438 g/mol. The van der Waals surface area contributed by atoms with Crippen molar-refractivity contribution in [1.82, 2.24) is 14.9 Å². The van der Waals surface area contributed by atoms with Gasteiger partial charge in [0.15, 0.2) is 11.5 Å². The number of nitrogens with two attached hydrogens (primary N) is 1. The Labute approximate surface area is 175 Å². The second kappa shape index (κ2) is 8.52. The maximum atomic E-state index is 13.1. The van der Waals surface area contributed by atoms with E-state index in [-0.39, 0.29) is 41.8 Å². The summed E-state index contributed by atoms with van der Waals surface area (Å²) in [4.78, 5) is 21.9. The second-order valence-electron chi connectivity index (χ2n) is 6.88. The Morgan fingerprint density at radius 1 is 1.29 bits per heavy atom. The molecular weight excluding hydrogens is 417 g/mol. The third-order valence-electron chi connectivity index (χ3n) is 4.61. The van der Waals surface area contributed by atoms with Crippen LogP contribution in [0.15, 0.2) is 28.7 Å². The van der Waals surface area contributed by atoms with E-state index in [4.69, 9.17) is 20.0 Å². The lowest BCUT2D eigenvalue weighted by Gasteiger charge is -2.14. The number of ether oxygens (including phenoxy) is 1. The van der Waals surface area contributed by atoms with Gasteiger partial charge in [-0.15, -0.1) is 0 Å². The van der Waals surface area contributed by atoms with Crippen LogP contribution in [0, 0.1) is 0 Å². The summed E-state index contributed by atoms with van der Waals surface area (Å²) in [5.41, 5.74) is 5.12. The Balaban J connectivity index is 2.20. The highest BCUT2D eigenvalue weighted by Crippen LogP contribution is 2.37. The van der Waals surface area contributed by atoms with Crippen molar-refractivity contribution in [1.29, 1.82) is 0 Å². The number of amides is 1. The number of hydrogen-bond donors (Lipinski definition) is 2. The van der Waals surface area contributed by atoms with Gasteiger partial charge in [0, 0.05) is 24.5 Å². The maximum absolute atomic E-state index is 13.1. The molecule has 166 valence electrons. The topological polar surface area (TPSA) is 115 Å². The van der Waals surface area contributed by atoms with Gasteiger partial charge in [-0.1, -0.05) is 0 Å². The molecule has 0 aliphatic heterocycles. The van der Waals surface area contributed by atoms with Crippen LogP contribution >= 0.6 is 0 Å². The van der Waals surface area contributed by atoms with E-state index < -0.39 is 23.8 Å². The minimum atomic E-state index is -4.63. The number of alkyl halides is 3. The zero-order valence-corrected chi connectivity index (χ0v) is 17.0. The third-order valence-corrected chi connectivity index (χ3v) is 4.61. The van der Waals surface area contributed by atoms with Gasteiger partial charge >= 0.3 is 6.18 Å². The largest absolute Gasteiger partial charge is 0.494 e. The quantitative estimate of drug-likeness (QED) is 0.608. The molecule has 0 radical (unpaired) electrons. The summed E-state index contributed by atoms with van der Waals surface area (Å²) < 4.78 is 50.3. The van der Waals surface area contributed by atoms with E-state index in [0.717, 1.165) is 6.07 Å². The van der Waals surface area contributed by atoms with Crippen molar-refractivity contribution in [2.24, 2.45) is 5.73 Å². The lowest BCUT2D eigenvalue weighted by Crippen LogP contribution is -2.31. The Morgan fingerprint density at radius 2 is 2.00 bits per heavy atom. The Kier molecular flexibility index (Phi) is 6.18. The highest BCUT2D eigenvalue weighted by molar-refractivity contribution is 5.98. The molecule has 0 saturated heterocycles. The van der Waals surface area contributed by atoms with E-state index in [9.17, 15) is 18.0 Å². The number of benzene rings is 1. The highest BCUT2D eigenvalue weighted by Gasteiger charge is 2.33. The van der Waals surface area contributed by atoms with Crippen LogP contribution in [-0.4, -0.2) is 53.2 Å². The first-order chi connectivity index (χ1) is 14.6. The molecule has 0 saturated carbocycles. The number of aliphatic hydroxyl groups is 1. The monoisotopic (exact) mass is 438 g/mol. The molecule has 0 unspecified atom stereocenters. The number of likely N-dealkylation sites (N-methyl/N-ethyl adjacent to an activating group) is 1. The molecule has 0 spiro atoms. The number of methoxy groups -OCH3 is 1. The second-order valence-corrected chi connectivity index (χ2v) is 6.88. The van der Waals surface area contributed by atoms with Crippen LogP contribution in [-0.2, 0) is 6.18 Å². The van der Waals surface area contributed by atoms with Gasteiger partial charge in [-0.25, -0.2) is 9.97 Å². The normalized spacial score (nSPS) is 12.8. The first-order valence-corrected chi connectivity index (χ1v) is 9.26. The number of carbonyl (C=O) groups is 1. The zero-order chi connectivity index (χ0) is 22.9. The smallest absolute Gasteiger partial charge is 0.433 e. The van der Waals surface area contributed by atoms with Crippen molar-refractivity contribution in [3.63, 3.8) is 0 Å². The molecule has 2 heterocycles. The molecule has 3 rings (SSSR count). The molecule has 2 aromatic heterocycles. The average Bonchev–Trinajstić information content (AvgIpc) is 3.17. The van der Waals surface area contributed by atoms with E-state index in [1.807, 2.05) is 0 Å². The molecular formula is C20H21F3N4O4. The molecule has 8 nitrogen and oxygen atoms in total. The predicted molar refractivity (Wildman–Crippen MR) is 105 cm³/mol. The van der Waals surface area contributed by atoms with Crippen LogP contribution in [0.3, 0.4) is 0 Å². The first-order valence-electron chi connectivity index (χ1n) is 9.26. The molecule has 0 bridgehead atoms. The number of aromatic nitrogens is 2. The molecule has 0 aliphatic carbocycles. The summed E-state index contributed by atoms with van der Waals surface area (Å²) in [6.45, 7) is 1.45. The van der Waals surface area contributed by atoms with Gasteiger partial charge in [-0.3, -0.25) is 4.79 Å². The van der Waals surface area contributed by atoms with Crippen molar-refractivity contribution >= 4 is 16.8 Å². The summed E-state index contributed by atoms with van der Waals surface area (Å²) >= 11 is 0. The number of halogens is 3. The molecule has 1 atom stereocenters. The minimum absolute atomic E-state index is 0.00209. The molecule has 0 fully saturated rings. The number of fused-ring (bicyclic) bond motifs is 1. The predicted octanol–water partition coefficient (Wildman–Crippen LogP) is 3.00. The standard InChI is InChI=1S/C20H21F3N4O4/c1-10(24)17-16(19(29)27(2)8-9-28)26-18(31-17)12-4-6-13(30-3)15-11(12)5-7-14(25-15)20(21,22)23/h4-7,10,28H,8-9,24H2,1-3H3/t10-/m0/s1. The molecule has 0 aliphatic rings. The van der Waals surface area contributed by atoms with Crippen LogP contribution in [0.5, 0.6) is 5.75 Å². The minimum Gasteiger partial charge on any atom is -0.494 e. The van der Waals surface area contributed by atoms with Gasteiger partial charge in [0.05, 0.1) is 19.8 Å². The summed E-state index contributed by atoms with van der Waals surface area (Å²) in [6.07, 6.45) is -4.63. The van der Waals surface area contributed by atoms with Gasteiger partial charge in [0.1, 0.15) is 17.0 Å². The van der Waals surface area contributed by atoms with E-state index in [0.29, 0.717) is 10.9 Å².